The Morgan fingerprint density at radius 1 is 1.28 bits per heavy atom. The molecule has 3 rings (SSSR count). The van der Waals surface area contributed by atoms with E-state index < -0.39 is 16.1 Å². The SMILES string of the molecule is COC(=O)c1cc([SH](C)(=O)N2c3ccccc3CCC2C)ccc1O. The third-order valence-corrected chi connectivity index (χ3v) is 7.43. The van der Waals surface area contributed by atoms with Gasteiger partial charge in [0.1, 0.15) is 11.3 Å². The standard InChI is InChI=1S/C19H23NO4S/c1-13-8-9-14-6-4-5-7-17(14)20(13)25(3,23)15-10-11-18(21)16(12-15)19(22)24-2/h4-7,10-13,21,25H,8-9H2,1-3H3. The van der Waals surface area contributed by atoms with Gasteiger partial charge in [0.05, 0.1) is 12.8 Å². The van der Waals surface area contributed by atoms with Crippen molar-refractivity contribution >= 4 is 21.8 Å². The Balaban J connectivity index is 2.11. The van der Waals surface area contributed by atoms with E-state index in [-0.39, 0.29) is 17.4 Å². The van der Waals surface area contributed by atoms with Crippen molar-refractivity contribution < 1.29 is 18.8 Å². The van der Waals surface area contributed by atoms with Crippen LogP contribution in [0.5, 0.6) is 5.75 Å². The second-order valence-electron chi connectivity index (χ2n) is 6.43. The van der Waals surface area contributed by atoms with E-state index in [1.165, 1.54) is 24.8 Å². The summed E-state index contributed by atoms with van der Waals surface area (Å²) in [5, 5.41) is 9.92. The number of para-hydroxylation sites is 1. The number of anilines is 1. The lowest BCUT2D eigenvalue weighted by Gasteiger charge is -2.44. The molecule has 1 N–H and O–H groups in total. The van der Waals surface area contributed by atoms with Crippen LogP contribution in [0.3, 0.4) is 0 Å². The molecular formula is C19H23NO4S. The highest BCUT2D eigenvalue weighted by atomic mass is 32.3. The van der Waals surface area contributed by atoms with Gasteiger partial charge in [-0.05, 0) is 59.7 Å². The number of ether oxygens (including phenoxy) is 1. The fourth-order valence-electron chi connectivity index (χ4n) is 3.43. The number of carbonyl (C=O) groups excluding carboxylic acids is 1. The minimum Gasteiger partial charge on any atom is -0.507 e. The molecule has 2 aromatic rings. The number of hydrogen-bond acceptors (Lipinski definition) is 4. The Hall–Kier alpha value is -2.34. The summed E-state index contributed by atoms with van der Waals surface area (Å²) in [4.78, 5) is 12.4. The number of hydrogen-bond donors (Lipinski definition) is 2. The topological polar surface area (TPSA) is 66.8 Å². The summed E-state index contributed by atoms with van der Waals surface area (Å²) in [6, 6.07) is 12.6. The van der Waals surface area contributed by atoms with Gasteiger partial charge in [0, 0.05) is 17.2 Å². The third-order valence-electron chi connectivity index (χ3n) is 4.76. The van der Waals surface area contributed by atoms with Crippen LogP contribution in [0.4, 0.5) is 5.69 Å². The summed E-state index contributed by atoms with van der Waals surface area (Å²) in [5.41, 5.74) is 2.18. The van der Waals surface area contributed by atoms with E-state index in [0.717, 1.165) is 18.5 Å². The minimum absolute atomic E-state index is 0.0278. The maximum Gasteiger partial charge on any atom is 0.341 e. The van der Waals surface area contributed by atoms with Gasteiger partial charge in [0.15, 0.2) is 0 Å². The van der Waals surface area contributed by atoms with Crippen LogP contribution < -0.4 is 4.31 Å². The Morgan fingerprint density at radius 2 is 2.00 bits per heavy atom. The predicted octanol–water partition coefficient (Wildman–Crippen LogP) is 2.94. The van der Waals surface area contributed by atoms with E-state index in [0.29, 0.717) is 4.90 Å². The Labute approximate surface area is 148 Å². The van der Waals surface area contributed by atoms with Crippen molar-refractivity contribution in [3.8, 4) is 5.75 Å². The molecule has 1 heterocycles. The predicted molar refractivity (Wildman–Crippen MR) is 99.9 cm³/mol. The number of aryl methyl sites for hydroxylation is 1. The number of methoxy groups -OCH3 is 1. The number of phenolic OH excluding ortho intramolecular Hbond substituents is 1. The van der Waals surface area contributed by atoms with Crippen LogP contribution in [0.2, 0.25) is 0 Å². The van der Waals surface area contributed by atoms with Gasteiger partial charge in [0.2, 0.25) is 0 Å². The molecule has 1 unspecified atom stereocenters. The van der Waals surface area contributed by atoms with Crippen LogP contribution in [0.25, 0.3) is 0 Å². The average molecular weight is 361 g/mol. The van der Waals surface area contributed by atoms with Gasteiger partial charge < -0.3 is 14.1 Å². The molecule has 0 fully saturated rings. The quantitative estimate of drug-likeness (QED) is 0.652. The van der Waals surface area contributed by atoms with Gasteiger partial charge in [-0.25, -0.2) is 4.79 Å². The summed E-state index contributed by atoms with van der Waals surface area (Å²) in [5.74, 6) is -0.825. The van der Waals surface area contributed by atoms with Gasteiger partial charge >= 0.3 is 5.97 Å². The zero-order valence-corrected chi connectivity index (χ0v) is 15.5. The maximum absolute atomic E-state index is 13.8. The number of benzene rings is 2. The molecule has 0 saturated heterocycles. The zero-order chi connectivity index (χ0) is 18.2. The van der Waals surface area contributed by atoms with Crippen molar-refractivity contribution in [1.82, 2.24) is 0 Å². The normalized spacial score (nSPS) is 17.7. The first-order valence-corrected chi connectivity index (χ1v) is 10.3. The molecule has 5 nitrogen and oxygen atoms in total. The van der Waals surface area contributed by atoms with Gasteiger partial charge in [-0.1, -0.05) is 18.2 Å². The van der Waals surface area contributed by atoms with Crippen LogP contribution in [0.15, 0.2) is 47.4 Å². The lowest BCUT2D eigenvalue weighted by Crippen LogP contribution is -2.45. The first-order chi connectivity index (χ1) is 11.9. The van der Waals surface area contributed by atoms with Crippen molar-refractivity contribution in [1.29, 1.82) is 0 Å². The number of phenols is 1. The molecule has 134 valence electrons. The Kier molecular flexibility index (Phi) is 4.56. The Bertz CT molecular complexity index is 864. The van der Waals surface area contributed by atoms with Crippen LogP contribution in [0.1, 0.15) is 29.3 Å². The summed E-state index contributed by atoms with van der Waals surface area (Å²) in [6.45, 7) is 2.06. The van der Waals surface area contributed by atoms with Gasteiger partial charge in [-0.3, -0.25) is 4.21 Å². The second kappa shape index (κ2) is 6.52. The molecule has 1 aliphatic rings. The van der Waals surface area contributed by atoms with E-state index in [1.807, 2.05) is 22.5 Å². The van der Waals surface area contributed by atoms with E-state index in [4.69, 9.17) is 4.74 Å². The summed E-state index contributed by atoms with van der Waals surface area (Å²) < 4.78 is 20.5. The molecule has 0 spiro atoms. The van der Waals surface area contributed by atoms with Crippen LogP contribution in [0, 0.1) is 0 Å². The lowest BCUT2D eigenvalue weighted by atomic mass is 9.99. The Morgan fingerprint density at radius 3 is 2.72 bits per heavy atom. The number of rotatable bonds is 3. The lowest BCUT2D eigenvalue weighted by molar-refractivity contribution is 0.0597. The second-order valence-corrected chi connectivity index (χ2v) is 9.14. The summed E-state index contributed by atoms with van der Waals surface area (Å²) in [6.07, 6.45) is 3.58. The molecule has 0 aromatic heterocycles. The molecule has 0 amide bonds. The van der Waals surface area contributed by atoms with Crippen LogP contribution >= 0.6 is 0 Å². The monoisotopic (exact) mass is 361 g/mol. The summed E-state index contributed by atoms with van der Waals surface area (Å²) in [7, 11) is -1.74. The fraction of sp³-hybridized carbons (Fsp3) is 0.316. The van der Waals surface area contributed by atoms with Crippen molar-refractivity contribution in [3.05, 3.63) is 53.6 Å². The molecule has 0 bridgehead atoms. The average Bonchev–Trinajstić information content (AvgIpc) is 2.60. The number of carbonyl (C=O) groups is 1. The number of nitrogens with zero attached hydrogens (tertiary/aromatic N) is 1. The van der Waals surface area contributed by atoms with E-state index in [1.54, 1.807) is 12.3 Å². The first-order valence-electron chi connectivity index (χ1n) is 8.23. The van der Waals surface area contributed by atoms with E-state index in [2.05, 4.69) is 13.0 Å². The number of thiol groups is 1. The van der Waals surface area contributed by atoms with E-state index >= 15 is 0 Å². The summed E-state index contributed by atoms with van der Waals surface area (Å²) >= 11 is 0. The molecule has 1 atom stereocenters. The number of aromatic hydroxyl groups is 1. The smallest absolute Gasteiger partial charge is 0.341 e. The highest BCUT2D eigenvalue weighted by molar-refractivity contribution is 8.03. The van der Waals surface area contributed by atoms with Crippen LogP contribution in [-0.2, 0) is 21.3 Å². The zero-order valence-electron chi connectivity index (χ0n) is 14.6. The van der Waals surface area contributed by atoms with Crippen molar-refractivity contribution in [2.45, 2.75) is 30.7 Å². The highest BCUT2D eigenvalue weighted by Gasteiger charge is 2.32. The largest absolute Gasteiger partial charge is 0.507 e. The number of esters is 1. The molecule has 2 aromatic carbocycles. The molecule has 0 aliphatic carbocycles. The van der Waals surface area contributed by atoms with Gasteiger partial charge in [0.25, 0.3) is 0 Å². The van der Waals surface area contributed by atoms with E-state index in [9.17, 15) is 14.1 Å². The molecule has 6 heteroatoms. The molecule has 0 radical (unpaired) electrons. The minimum atomic E-state index is -2.99. The van der Waals surface area contributed by atoms with Crippen molar-refractivity contribution in [2.24, 2.45) is 0 Å². The third kappa shape index (κ3) is 3.02. The van der Waals surface area contributed by atoms with Gasteiger partial charge in [-0.2, -0.15) is 0 Å². The van der Waals surface area contributed by atoms with Gasteiger partial charge in [-0.15, -0.1) is 0 Å². The molecule has 1 aliphatic heterocycles. The maximum atomic E-state index is 13.8. The molecular weight excluding hydrogens is 338 g/mol. The molecule has 25 heavy (non-hydrogen) atoms. The highest BCUT2D eigenvalue weighted by Crippen LogP contribution is 2.38. The molecule has 0 saturated carbocycles. The fourth-order valence-corrected chi connectivity index (χ4v) is 5.87. The van der Waals surface area contributed by atoms with Crippen molar-refractivity contribution in [3.63, 3.8) is 0 Å². The first kappa shape index (κ1) is 17.5. The van der Waals surface area contributed by atoms with Crippen molar-refractivity contribution in [2.75, 3.05) is 17.7 Å². The number of fused-ring (bicyclic) bond motifs is 1. The van der Waals surface area contributed by atoms with Crippen LogP contribution in [-0.4, -0.2) is 34.7 Å².